The Morgan fingerprint density at radius 3 is 3.00 bits per heavy atom. The maximum Gasteiger partial charge on any atom is 0.231 e. The summed E-state index contributed by atoms with van der Waals surface area (Å²) in [5.41, 5.74) is 1.12. The maximum atomic E-state index is 5.72. The van der Waals surface area contributed by atoms with Crippen LogP contribution in [-0.4, -0.2) is 18.8 Å². The fourth-order valence-corrected chi connectivity index (χ4v) is 1.88. The Morgan fingerprint density at radius 2 is 2.11 bits per heavy atom. The first-order valence-corrected chi connectivity index (χ1v) is 6.02. The number of benzene rings is 1. The molecule has 0 aliphatic carbocycles. The zero-order chi connectivity index (χ0) is 13.1. The van der Waals surface area contributed by atoms with Crippen LogP contribution < -0.4 is 19.5 Å². The van der Waals surface area contributed by atoms with E-state index in [9.17, 15) is 0 Å². The van der Waals surface area contributed by atoms with Crippen LogP contribution in [0.15, 0.2) is 36.5 Å². The number of fused-ring (bicyclic) bond motifs is 1. The molecule has 19 heavy (non-hydrogen) atoms. The maximum absolute atomic E-state index is 5.72. The molecule has 0 unspecified atom stereocenters. The molecule has 1 N–H and O–H groups in total. The molecule has 98 valence electrons. The smallest absolute Gasteiger partial charge is 0.231 e. The van der Waals surface area contributed by atoms with Crippen LogP contribution in [0.5, 0.6) is 23.1 Å². The van der Waals surface area contributed by atoms with Gasteiger partial charge in [-0.25, -0.2) is 4.98 Å². The molecule has 0 radical (unpaired) electrons. The van der Waals surface area contributed by atoms with E-state index in [1.165, 1.54) is 0 Å². The van der Waals surface area contributed by atoms with Gasteiger partial charge >= 0.3 is 0 Å². The minimum Gasteiger partial charge on any atom is -0.454 e. The van der Waals surface area contributed by atoms with E-state index in [0.717, 1.165) is 17.9 Å². The van der Waals surface area contributed by atoms with Gasteiger partial charge in [0.15, 0.2) is 11.5 Å². The van der Waals surface area contributed by atoms with Crippen molar-refractivity contribution in [1.29, 1.82) is 0 Å². The standard InChI is InChI=1S/C14H14N2O3/c1-15-8-10-4-5-16-14(6-10)19-11-2-3-12-13(7-11)18-9-17-12/h2-7,15H,8-9H2,1H3. The van der Waals surface area contributed by atoms with E-state index >= 15 is 0 Å². The second-order valence-electron chi connectivity index (χ2n) is 4.15. The molecular weight excluding hydrogens is 244 g/mol. The van der Waals surface area contributed by atoms with Crippen molar-refractivity contribution < 1.29 is 14.2 Å². The molecule has 0 fully saturated rings. The zero-order valence-electron chi connectivity index (χ0n) is 10.6. The Labute approximate surface area is 111 Å². The van der Waals surface area contributed by atoms with E-state index < -0.39 is 0 Å². The third-order valence-electron chi connectivity index (χ3n) is 2.75. The predicted molar refractivity (Wildman–Crippen MR) is 69.6 cm³/mol. The molecule has 1 aliphatic rings. The molecule has 0 saturated carbocycles. The fraction of sp³-hybridized carbons (Fsp3) is 0.214. The van der Waals surface area contributed by atoms with Crippen molar-refractivity contribution in [2.75, 3.05) is 13.8 Å². The van der Waals surface area contributed by atoms with Gasteiger partial charge in [0.1, 0.15) is 5.75 Å². The van der Waals surface area contributed by atoms with Crippen LogP contribution in [-0.2, 0) is 6.54 Å². The van der Waals surface area contributed by atoms with Crippen molar-refractivity contribution in [3.63, 3.8) is 0 Å². The van der Waals surface area contributed by atoms with Crippen LogP contribution in [0.1, 0.15) is 5.56 Å². The molecule has 0 amide bonds. The second-order valence-corrected chi connectivity index (χ2v) is 4.15. The van der Waals surface area contributed by atoms with Crippen LogP contribution in [0.2, 0.25) is 0 Å². The second kappa shape index (κ2) is 5.16. The number of aromatic nitrogens is 1. The molecule has 0 atom stereocenters. The molecule has 5 heteroatoms. The fourth-order valence-electron chi connectivity index (χ4n) is 1.88. The summed E-state index contributed by atoms with van der Waals surface area (Å²) in [7, 11) is 1.90. The van der Waals surface area contributed by atoms with Gasteiger partial charge in [-0.15, -0.1) is 0 Å². The van der Waals surface area contributed by atoms with E-state index in [-0.39, 0.29) is 6.79 Å². The lowest BCUT2D eigenvalue weighted by atomic mass is 10.2. The van der Waals surface area contributed by atoms with Gasteiger partial charge < -0.3 is 19.5 Å². The number of rotatable bonds is 4. The van der Waals surface area contributed by atoms with Crippen LogP contribution in [0, 0.1) is 0 Å². The Bertz CT molecular complexity index is 587. The number of ether oxygens (including phenoxy) is 3. The highest BCUT2D eigenvalue weighted by molar-refractivity contribution is 5.47. The summed E-state index contributed by atoms with van der Waals surface area (Å²) in [4.78, 5) is 4.19. The lowest BCUT2D eigenvalue weighted by molar-refractivity contribution is 0.174. The van der Waals surface area contributed by atoms with Crippen LogP contribution in [0.4, 0.5) is 0 Å². The van der Waals surface area contributed by atoms with Crippen LogP contribution in [0.25, 0.3) is 0 Å². The van der Waals surface area contributed by atoms with E-state index in [4.69, 9.17) is 14.2 Å². The normalized spacial score (nSPS) is 12.5. The van der Waals surface area contributed by atoms with Gasteiger partial charge in [-0.2, -0.15) is 0 Å². The van der Waals surface area contributed by atoms with Crippen molar-refractivity contribution in [1.82, 2.24) is 10.3 Å². The first kappa shape index (κ1) is 11.8. The molecule has 0 spiro atoms. The van der Waals surface area contributed by atoms with E-state index in [0.29, 0.717) is 17.4 Å². The van der Waals surface area contributed by atoms with Gasteiger partial charge in [0.2, 0.25) is 12.7 Å². The molecular formula is C14H14N2O3. The number of nitrogens with one attached hydrogen (secondary N) is 1. The summed E-state index contributed by atoms with van der Waals surface area (Å²) in [5.74, 6) is 2.68. The van der Waals surface area contributed by atoms with Gasteiger partial charge in [0.05, 0.1) is 0 Å². The monoisotopic (exact) mass is 258 g/mol. The number of pyridine rings is 1. The van der Waals surface area contributed by atoms with E-state index in [1.54, 1.807) is 12.3 Å². The Morgan fingerprint density at radius 1 is 1.21 bits per heavy atom. The summed E-state index contributed by atoms with van der Waals surface area (Å²) in [6.45, 7) is 1.04. The summed E-state index contributed by atoms with van der Waals surface area (Å²) in [5, 5.41) is 3.09. The average molecular weight is 258 g/mol. The highest BCUT2D eigenvalue weighted by atomic mass is 16.7. The Balaban J connectivity index is 1.79. The zero-order valence-corrected chi connectivity index (χ0v) is 10.6. The highest BCUT2D eigenvalue weighted by Crippen LogP contribution is 2.36. The molecule has 1 aliphatic heterocycles. The van der Waals surface area contributed by atoms with Gasteiger partial charge in [-0.1, -0.05) is 0 Å². The number of nitrogens with zero attached hydrogens (tertiary/aromatic N) is 1. The number of hydrogen-bond acceptors (Lipinski definition) is 5. The minimum atomic E-state index is 0.259. The summed E-state index contributed by atoms with van der Waals surface area (Å²) < 4.78 is 16.3. The summed E-state index contributed by atoms with van der Waals surface area (Å²) in [6.07, 6.45) is 1.73. The number of hydrogen-bond donors (Lipinski definition) is 1. The molecule has 2 heterocycles. The highest BCUT2D eigenvalue weighted by Gasteiger charge is 2.14. The van der Waals surface area contributed by atoms with Crippen molar-refractivity contribution in [2.24, 2.45) is 0 Å². The molecule has 2 aromatic rings. The van der Waals surface area contributed by atoms with Crippen molar-refractivity contribution in [3.05, 3.63) is 42.1 Å². The molecule has 0 saturated heterocycles. The third-order valence-corrected chi connectivity index (χ3v) is 2.75. The topological polar surface area (TPSA) is 52.6 Å². The lowest BCUT2D eigenvalue weighted by Gasteiger charge is -2.07. The largest absolute Gasteiger partial charge is 0.454 e. The Kier molecular flexibility index (Phi) is 3.20. The van der Waals surface area contributed by atoms with E-state index in [1.807, 2.05) is 31.3 Å². The molecule has 1 aromatic carbocycles. The summed E-state index contributed by atoms with van der Waals surface area (Å²) in [6, 6.07) is 9.31. The van der Waals surface area contributed by atoms with Crippen molar-refractivity contribution in [2.45, 2.75) is 6.54 Å². The molecule has 5 nitrogen and oxygen atoms in total. The van der Waals surface area contributed by atoms with Gasteiger partial charge in [0, 0.05) is 24.9 Å². The van der Waals surface area contributed by atoms with Crippen molar-refractivity contribution in [3.8, 4) is 23.1 Å². The molecule has 3 rings (SSSR count). The predicted octanol–water partition coefficient (Wildman–Crippen LogP) is 2.32. The average Bonchev–Trinajstić information content (AvgIpc) is 2.87. The van der Waals surface area contributed by atoms with Gasteiger partial charge in [0.25, 0.3) is 0 Å². The van der Waals surface area contributed by atoms with Crippen molar-refractivity contribution >= 4 is 0 Å². The molecule has 0 bridgehead atoms. The Hall–Kier alpha value is -2.27. The van der Waals surface area contributed by atoms with Crippen LogP contribution >= 0.6 is 0 Å². The SMILES string of the molecule is CNCc1ccnc(Oc2ccc3c(c2)OCO3)c1. The first-order valence-electron chi connectivity index (χ1n) is 6.02. The van der Waals surface area contributed by atoms with E-state index in [2.05, 4.69) is 10.3 Å². The third kappa shape index (κ3) is 2.61. The molecule has 1 aromatic heterocycles. The van der Waals surface area contributed by atoms with Gasteiger partial charge in [-0.3, -0.25) is 0 Å². The first-order chi connectivity index (χ1) is 9.35. The lowest BCUT2D eigenvalue weighted by Crippen LogP contribution is -2.05. The quantitative estimate of drug-likeness (QED) is 0.912. The van der Waals surface area contributed by atoms with Gasteiger partial charge in [-0.05, 0) is 30.8 Å². The minimum absolute atomic E-state index is 0.259. The van der Waals surface area contributed by atoms with Crippen LogP contribution in [0.3, 0.4) is 0 Å². The summed E-state index contributed by atoms with van der Waals surface area (Å²) >= 11 is 0.